The first-order valence-corrected chi connectivity index (χ1v) is 8.08. The molecule has 2 N–H and O–H groups in total. The quantitative estimate of drug-likeness (QED) is 0.801. The van der Waals surface area contributed by atoms with Crippen LogP contribution in [0, 0.1) is 0 Å². The minimum absolute atomic E-state index is 0.0981. The first kappa shape index (κ1) is 18.5. The number of amides is 3. The lowest BCUT2D eigenvalue weighted by atomic mass is 10.3. The number of rotatable bonds is 5. The number of benzene rings is 1. The van der Waals surface area contributed by atoms with Crippen LogP contribution in [0.5, 0.6) is 0 Å². The van der Waals surface area contributed by atoms with Crippen LogP contribution in [-0.4, -0.2) is 67.3 Å². The molecule has 24 heavy (non-hydrogen) atoms. The van der Waals surface area contributed by atoms with Crippen LogP contribution < -0.4 is 10.6 Å². The van der Waals surface area contributed by atoms with Gasteiger partial charge in [-0.25, -0.2) is 0 Å². The molecule has 0 atom stereocenters. The van der Waals surface area contributed by atoms with Crippen molar-refractivity contribution in [2.75, 3.05) is 45.1 Å². The number of hydrogen-bond acceptors (Lipinski definition) is 4. The molecular formula is C15H18Cl2N4O3. The molecule has 1 aromatic rings. The molecule has 1 fully saturated rings. The van der Waals surface area contributed by atoms with Crippen LogP contribution in [0.3, 0.4) is 0 Å². The van der Waals surface area contributed by atoms with Crippen LogP contribution in [0.25, 0.3) is 0 Å². The number of hydrogen-bond donors (Lipinski definition) is 2. The van der Waals surface area contributed by atoms with Crippen LogP contribution in [-0.2, 0) is 14.4 Å². The van der Waals surface area contributed by atoms with Crippen LogP contribution >= 0.6 is 23.2 Å². The van der Waals surface area contributed by atoms with Crippen molar-refractivity contribution in [1.29, 1.82) is 0 Å². The fourth-order valence-electron chi connectivity index (χ4n) is 2.22. The molecule has 9 heteroatoms. The van der Waals surface area contributed by atoms with Gasteiger partial charge in [0.05, 0.1) is 29.7 Å². The highest BCUT2D eigenvalue weighted by Gasteiger charge is 2.21. The first-order valence-electron chi connectivity index (χ1n) is 7.33. The highest BCUT2D eigenvalue weighted by Crippen LogP contribution is 2.24. The molecule has 130 valence electrons. The van der Waals surface area contributed by atoms with Crippen molar-refractivity contribution in [3.63, 3.8) is 0 Å². The van der Waals surface area contributed by atoms with E-state index in [9.17, 15) is 14.4 Å². The molecule has 0 saturated carbocycles. The predicted octanol–water partition coefficient (Wildman–Crippen LogP) is 0.822. The number of carbonyl (C=O) groups is 3. The fourth-order valence-corrected chi connectivity index (χ4v) is 2.51. The Labute approximate surface area is 149 Å². The van der Waals surface area contributed by atoms with E-state index >= 15 is 0 Å². The number of piperazine rings is 1. The van der Waals surface area contributed by atoms with E-state index in [1.54, 1.807) is 24.1 Å². The van der Waals surface area contributed by atoms with E-state index in [2.05, 4.69) is 10.6 Å². The van der Waals surface area contributed by atoms with E-state index in [4.69, 9.17) is 23.2 Å². The Bertz CT molecular complexity index is 654. The highest BCUT2D eigenvalue weighted by atomic mass is 35.5. The summed E-state index contributed by atoms with van der Waals surface area (Å²) < 4.78 is 0. The largest absolute Gasteiger partial charge is 0.354 e. The van der Waals surface area contributed by atoms with Crippen LogP contribution in [0.15, 0.2) is 18.2 Å². The summed E-state index contributed by atoms with van der Waals surface area (Å²) in [4.78, 5) is 38.5. The molecule has 0 radical (unpaired) electrons. The smallest absolute Gasteiger partial charge is 0.243 e. The Hall–Kier alpha value is -1.83. The SMILES string of the molecule is CN(CC(=O)Nc1ccc(Cl)c(Cl)c1)C(=O)CN1CCNC(=O)C1. The van der Waals surface area contributed by atoms with Crippen LogP contribution in [0.1, 0.15) is 0 Å². The lowest BCUT2D eigenvalue weighted by Crippen LogP contribution is -2.51. The number of nitrogens with one attached hydrogen (secondary N) is 2. The maximum Gasteiger partial charge on any atom is 0.243 e. The Kier molecular flexibility index (Phi) is 6.42. The van der Waals surface area contributed by atoms with Crippen molar-refractivity contribution < 1.29 is 14.4 Å². The molecule has 1 aromatic carbocycles. The molecule has 0 aromatic heterocycles. The molecule has 1 saturated heterocycles. The van der Waals surface area contributed by atoms with Gasteiger partial charge in [-0.05, 0) is 18.2 Å². The average molecular weight is 373 g/mol. The summed E-state index contributed by atoms with van der Waals surface area (Å²) >= 11 is 11.7. The van der Waals surface area contributed by atoms with Crippen LogP contribution in [0.2, 0.25) is 10.0 Å². The molecule has 0 bridgehead atoms. The Morgan fingerprint density at radius 2 is 2.08 bits per heavy atom. The van der Waals surface area contributed by atoms with E-state index in [1.807, 2.05) is 0 Å². The normalized spacial score (nSPS) is 14.9. The average Bonchev–Trinajstić information content (AvgIpc) is 2.50. The Balaban J connectivity index is 1.82. The minimum atomic E-state index is -0.347. The zero-order valence-corrected chi connectivity index (χ0v) is 14.7. The zero-order valence-electron chi connectivity index (χ0n) is 13.1. The summed E-state index contributed by atoms with van der Waals surface area (Å²) in [7, 11) is 1.54. The summed E-state index contributed by atoms with van der Waals surface area (Å²) in [6, 6.07) is 4.74. The monoisotopic (exact) mass is 372 g/mol. The van der Waals surface area contributed by atoms with Gasteiger partial charge in [0.15, 0.2) is 0 Å². The van der Waals surface area contributed by atoms with E-state index in [1.165, 1.54) is 11.0 Å². The number of halogens is 2. The summed E-state index contributed by atoms with van der Waals surface area (Å²) in [6.07, 6.45) is 0. The van der Waals surface area contributed by atoms with Crippen molar-refractivity contribution in [2.24, 2.45) is 0 Å². The Morgan fingerprint density at radius 3 is 2.75 bits per heavy atom. The highest BCUT2D eigenvalue weighted by molar-refractivity contribution is 6.42. The van der Waals surface area contributed by atoms with E-state index in [0.29, 0.717) is 28.8 Å². The van der Waals surface area contributed by atoms with Gasteiger partial charge in [-0.2, -0.15) is 0 Å². The topological polar surface area (TPSA) is 81.8 Å². The van der Waals surface area contributed by atoms with Crippen molar-refractivity contribution in [1.82, 2.24) is 15.1 Å². The van der Waals surface area contributed by atoms with Gasteiger partial charge in [0.1, 0.15) is 0 Å². The van der Waals surface area contributed by atoms with Gasteiger partial charge in [0.25, 0.3) is 0 Å². The van der Waals surface area contributed by atoms with E-state index < -0.39 is 0 Å². The van der Waals surface area contributed by atoms with Gasteiger partial charge >= 0.3 is 0 Å². The number of likely N-dealkylation sites (N-methyl/N-ethyl adjacent to an activating group) is 1. The zero-order chi connectivity index (χ0) is 17.7. The fraction of sp³-hybridized carbons (Fsp3) is 0.400. The van der Waals surface area contributed by atoms with Gasteiger partial charge < -0.3 is 15.5 Å². The van der Waals surface area contributed by atoms with Gasteiger partial charge in [-0.15, -0.1) is 0 Å². The maximum absolute atomic E-state index is 12.1. The van der Waals surface area contributed by atoms with E-state index in [-0.39, 0.29) is 37.4 Å². The molecule has 1 heterocycles. The number of anilines is 1. The van der Waals surface area contributed by atoms with Crippen molar-refractivity contribution in [2.45, 2.75) is 0 Å². The lowest BCUT2D eigenvalue weighted by molar-refractivity contribution is -0.135. The molecule has 0 aliphatic carbocycles. The van der Waals surface area contributed by atoms with Gasteiger partial charge in [0.2, 0.25) is 17.7 Å². The predicted molar refractivity (Wildman–Crippen MR) is 92.2 cm³/mol. The number of nitrogens with zero attached hydrogens (tertiary/aromatic N) is 2. The molecule has 1 aliphatic heterocycles. The second-order valence-electron chi connectivity index (χ2n) is 5.49. The first-order chi connectivity index (χ1) is 11.3. The summed E-state index contributed by atoms with van der Waals surface area (Å²) in [5.74, 6) is -0.677. The van der Waals surface area contributed by atoms with Gasteiger partial charge in [-0.1, -0.05) is 23.2 Å². The molecular weight excluding hydrogens is 355 g/mol. The molecule has 1 aliphatic rings. The minimum Gasteiger partial charge on any atom is -0.354 e. The lowest BCUT2D eigenvalue weighted by Gasteiger charge is -2.27. The summed E-state index contributed by atoms with van der Waals surface area (Å²) in [6.45, 7) is 1.33. The van der Waals surface area contributed by atoms with Crippen molar-refractivity contribution >= 4 is 46.6 Å². The summed E-state index contributed by atoms with van der Waals surface area (Å²) in [5, 5.41) is 6.08. The molecule has 2 rings (SSSR count). The van der Waals surface area contributed by atoms with Crippen molar-refractivity contribution in [3.8, 4) is 0 Å². The second-order valence-corrected chi connectivity index (χ2v) is 6.30. The van der Waals surface area contributed by atoms with E-state index in [0.717, 1.165) is 0 Å². The second kappa shape index (κ2) is 8.32. The van der Waals surface area contributed by atoms with Crippen molar-refractivity contribution in [3.05, 3.63) is 28.2 Å². The van der Waals surface area contributed by atoms with Crippen LogP contribution in [0.4, 0.5) is 5.69 Å². The summed E-state index contributed by atoms with van der Waals surface area (Å²) in [5.41, 5.74) is 0.503. The molecule has 3 amide bonds. The van der Waals surface area contributed by atoms with Gasteiger partial charge in [0, 0.05) is 25.8 Å². The standard InChI is InChI=1S/C15H18Cl2N4O3/c1-20(15(24)9-21-5-4-18-13(22)8-21)7-14(23)19-10-2-3-11(16)12(17)6-10/h2-3,6H,4-5,7-9H2,1H3,(H,18,22)(H,19,23). The van der Waals surface area contributed by atoms with Gasteiger partial charge in [-0.3, -0.25) is 19.3 Å². The third-order valence-electron chi connectivity index (χ3n) is 3.49. The molecule has 7 nitrogen and oxygen atoms in total. The maximum atomic E-state index is 12.1. The number of carbonyl (C=O) groups excluding carboxylic acids is 3. The molecule has 0 unspecified atom stereocenters. The third-order valence-corrected chi connectivity index (χ3v) is 4.23. The Morgan fingerprint density at radius 1 is 1.33 bits per heavy atom. The molecule has 0 spiro atoms. The third kappa shape index (κ3) is 5.36.